The second-order valence-electron chi connectivity index (χ2n) is 3.33. The van der Waals surface area contributed by atoms with E-state index >= 15 is 0 Å². The fourth-order valence-corrected chi connectivity index (χ4v) is 1.23. The van der Waals surface area contributed by atoms with Crippen LogP contribution in [0.2, 0.25) is 0 Å². The predicted molar refractivity (Wildman–Crippen MR) is 72.6 cm³/mol. The molecule has 1 aromatic rings. The molecule has 5 nitrogen and oxygen atoms in total. The standard InChI is InChI=1S/C11H16N4OS/c1-2-8-12-11(17)15-14-10(16)13-9-6-4-3-5-7-9/h3-7H,2,8H2,1H3,(H2,12,15,17)(H2,13,14,16). The van der Waals surface area contributed by atoms with E-state index in [-0.39, 0.29) is 6.03 Å². The van der Waals surface area contributed by atoms with Crippen molar-refractivity contribution in [3.63, 3.8) is 0 Å². The number of urea groups is 1. The summed E-state index contributed by atoms with van der Waals surface area (Å²) in [5.41, 5.74) is 5.75. The Morgan fingerprint density at radius 1 is 1.24 bits per heavy atom. The molecule has 0 saturated heterocycles. The number of hydrazine groups is 1. The molecule has 0 atom stereocenters. The van der Waals surface area contributed by atoms with Crippen molar-refractivity contribution in [2.24, 2.45) is 0 Å². The number of carbonyl (C=O) groups is 1. The summed E-state index contributed by atoms with van der Waals surface area (Å²) in [5, 5.41) is 5.98. The van der Waals surface area contributed by atoms with Gasteiger partial charge in [-0.25, -0.2) is 10.2 Å². The third kappa shape index (κ3) is 5.72. The lowest BCUT2D eigenvalue weighted by molar-refractivity contribution is 0.250. The van der Waals surface area contributed by atoms with Gasteiger partial charge in [-0.15, -0.1) is 0 Å². The fourth-order valence-electron chi connectivity index (χ4n) is 1.08. The van der Waals surface area contributed by atoms with Crippen molar-refractivity contribution in [2.45, 2.75) is 13.3 Å². The highest BCUT2D eigenvalue weighted by Crippen LogP contribution is 2.03. The number of benzene rings is 1. The molecule has 0 fully saturated rings. The molecule has 0 saturated carbocycles. The first kappa shape index (κ1) is 13.2. The van der Waals surface area contributed by atoms with Crippen LogP contribution in [0.5, 0.6) is 0 Å². The number of rotatable bonds is 3. The summed E-state index contributed by atoms with van der Waals surface area (Å²) >= 11 is 4.94. The molecule has 0 aliphatic carbocycles. The minimum Gasteiger partial charge on any atom is -0.361 e. The van der Waals surface area contributed by atoms with Crippen molar-refractivity contribution in [1.29, 1.82) is 0 Å². The van der Waals surface area contributed by atoms with Crippen LogP contribution >= 0.6 is 12.2 Å². The molecule has 0 unspecified atom stereocenters. The van der Waals surface area contributed by atoms with Crippen molar-refractivity contribution in [1.82, 2.24) is 16.2 Å². The van der Waals surface area contributed by atoms with Crippen molar-refractivity contribution < 1.29 is 4.79 Å². The maximum absolute atomic E-state index is 11.4. The summed E-state index contributed by atoms with van der Waals surface area (Å²) in [4.78, 5) is 11.4. The van der Waals surface area contributed by atoms with E-state index in [0.717, 1.165) is 18.7 Å². The van der Waals surface area contributed by atoms with E-state index in [2.05, 4.69) is 21.5 Å². The van der Waals surface area contributed by atoms with Gasteiger partial charge in [0.2, 0.25) is 0 Å². The number of nitrogens with one attached hydrogen (secondary N) is 4. The molecule has 1 aromatic carbocycles. The van der Waals surface area contributed by atoms with Crippen LogP contribution in [0, 0.1) is 0 Å². The Labute approximate surface area is 106 Å². The van der Waals surface area contributed by atoms with Crippen molar-refractivity contribution in [2.75, 3.05) is 11.9 Å². The number of carbonyl (C=O) groups excluding carboxylic acids is 1. The molecule has 0 radical (unpaired) electrons. The summed E-state index contributed by atoms with van der Waals surface area (Å²) in [6.45, 7) is 2.80. The van der Waals surface area contributed by atoms with E-state index in [1.54, 1.807) is 12.1 Å². The van der Waals surface area contributed by atoms with Crippen LogP contribution in [-0.2, 0) is 0 Å². The monoisotopic (exact) mass is 252 g/mol. The molecule has 0 heterocycles. The van der Waals surface area contributed by atoms with Crippen LogP contribution in [-0.4, -0.2) is 17.7 Å². The molecule has 0 spiro atoms. The van der Waals surface area contributed by atoms with Crippen LogP contribution in [0.3, 0.4) is 0 Å². The Morgan fingerprint density at radius 3 is 2.59 bits per heavy atom. The van der Waals surface area contributed by atoms with Gasteiger partial charge in [0.25, 0.3) is 0 Å². The first-order valence-electron chi connectivity index (χ1n) is 5.38. The Bertz CT molecular complexity index is 369. The van der Waals surface area contributed by atoms with Gasteiger partial charge >= 0.3 is 6.03 Å². The average Bonchev–Trinajstić information content (AvgIpc) is 2.35. The molecule has 0 aliphatic heterocycles. The summed E-state index contributed by atoms with van der Waals surface area (Å²) in [6.07, 6.45) is 0.970. The molecular weight excluding hydrogens is 236 g/mol. The second kappa shape index (κ2) is 7.45. The van der Waals surface area contributed by atoms with E-state index < -0.39 is 0 Å². The average molecular weight is 252 g/mol. The van der Waals surface area contributed by atoms with E-state index in [9.17, 15) is 4.79 Å². The molecule has 0 aliphatic rings. The smallest absolute Gasteiger partial charge is 0.337 e. The summed E-state index contributed by atoms with van der Waals surface area (Å²) in [6, 6.07) is 8.80. The largest absolute Gasteiger partial charge is 0.361 e. The van der Waals surface area contributed by atoms with E-state index in [0.29, 0.717) is 5.11 Å². The van der Waals surface area contributed by atoms with Crippen molar-refractivity contribution in [3.8, 4) is 0 Å². The number of amides is 2. The zero-order valence-electron chi connectivity index (χ0n) is 9.62. The zero-order valence-corrected chi connectivity index (χ0v) is 10.4. The maximum Gasteiger partial charge on any atom is 0.337 e. The Kier molecular flexibility index (Phi) is 5.81. The van der Waals surface area contributed by atoms with Gasteiger partial charge in [0.05, 0.1) is 0 Å². The van der Waals surface area contributed by atoms with Gasteiger partial charge in [-0.1, -0.05) is 25.1 Å². The molecular formula is C11H16N4OS. The van der Waals surface area contributed by atoms with E-state index in [1.807, 2.05) is 25.1 Å². The van der Waals surface area contributed by atoms with Crippen LogP contribution in [0.15, 0.2) is 30.3 Å². The SMILES string of the molecule is CCCNC(=S)NNC(=O)Nc1ccccc1. The fraction of sp³-hybridized carbons (Fsp3) is 0.273. The predicted octanol–water partition coefficient (Wildman–Crippen LogP) is 1.60. The zero-order chi connectivity index (χ0) is 12.5. The molecule has 0 bridgehead atoms. The molecule has 92 valence electrons. The van der Waals surface area contributed by atoms with Gasteiger partial charge in [-0.3, -0.25) is 5.43 Å². The lowest BCUT2D eigenvalue weighted by atomic mass is 10.3. The van der Waals surface area contributed by atoms with Gasteiger partial charge in [0.1, 0.15) is 0 Å². The lowest BCUT2D eigenvalue weighted by Gasteiger charge is -2.11. The quantitative estimate of drug-likeness (QED) is 0.487. The maximum atomic E-state index is 11.4. The van der Waals surface area contributed by atoms with Crippen LogP contribution in [0.1, 0.15) is 13.3 Å². The molecule has 17 heavy (non-hydrogen) atoms. The molecule has 6 heteroatoms. The van der Waals surface area contributed by atoms with Gasteiger partial charge in [-0.05, 0) is 30.8 Å². The first-order valence-corrected chi connectivity index (χ1v) is 5.79. The van der Waals surface area contributed by atoms with E-state index in [4.69, 9.17) is 12.2 Å². The highest BCUT2D eigenvalue weighted by Gasteiger charge is 2.00. The molecule has 4 N–H and O–H groups in total. The summed E-state index contributed by atoms with van der Waals surface area (Å²) < 4.78 is 0. The van der Waals surface area contributed by atoms with Crippen LogP contribution in [0.4, 0.5) is 10.5 Å². The number of hydrogen-bond donors (Lipinski definition) is 4. The third-order valence-electron chi connectivity index (χ3n) is 1.86. The molecule has 0 aromatic heterocycles. The van der Waals surface area contributed by atoms with Crippen molar-refractivity contribution >= 4 is 29.0 Å². The van der Waals surface area contributed by atoms with Crippen molar-refractivity contribution in [3.05, 3.63) is 30.3 Å². The van der Waals surface area contributed by atoms with Crippen LogP contribution in [0.25, 0.3) is 0 Å². The minimum atomic E-state index is -0.364. The Balaban J connectivity index is 2.24. The third-order valence-corrected chi connectivity index (χ3v) is 2.10. The van der Waals surface area contributed by atoms with Gasteiger partial charge < -0.3 is 10.6 Å². The number of thiocarbonyl (C=S) groups is 1. The van der Waals surface area contributed by atoms with Gasteiger partial charge in [-0.2, -0.15) is 0 Å². The normalized spacial score (nSPS) is 9.24. The highest BCUT2D eigenvalue weighted by atomic mass is 32.1. The Hall–Kier alpha value is -1.82. The van der Waals surface area contributed by atoms with Gasteiger partial charge in [0, 0.05) is 12.2 Å². The van der Waals surface area contributed by atoms with Crippen LogP contribution < -0.4 is 21.5 Å². The molecule has 2 amide bonds. The highest BCUT2D eigenvalue weighted by molar-refractivity contribution is 7.80. The molecule has 1 rings (SSSR count). The topological polar surface area (TPSA) is 65.2 Å². The summed E-state index contributed by atoms with van der Waals surface area (Å²) in [5.74, 6) is 0. The first-order chi connectivity index (χ1) is 8.22. The Morgan fingerprint density at radius 2 is 1.94 bits per heavy atom. The summed E-state index contributed by atoms with van der Waals surface area (Å²) in [7, 11) is 0. The minimum absolute atomic E-state index is 0.364. The number of hydrogen-bond acceptors (Lipinski definition) is 2. The van der Waals surface area contributed by atoms with E-state index in [1.165, 1.54) is 0 Å². The lowest BCUT2D eigenvalue weighted by Crippen LogP contribution is -2.48. The second-order valence-corrected chi connectivity index (χ2v) is 3.73. The number of anilines is 1. The number of para-hydroxylation sites is 1. The van der Waals surface area contributed by atoms with Gasteiger partial charge in [0.15, 0.2) is 5.11 Å².